The molecule has 0 radical (unpaired) electrons. The first kappa shape index (κ1) is 13.0. The normalized spacial score (nSPS) is 24.8. The van der Waals surface area contributed by atoms with Crippen molar-refractivity contribution in [2.75, 3.05) is 0 Å². The number of carbonyl (C=O) groups is 1. The van der Waals surface area contributed by atoms with Crippen LogP contribution in [0.3, 0.4) is 0 Å². The molecule has 1 aromatic heterocycles. The maximum absolute atomic E-state index is 11.1. The van der Waals surface area contributed by atoms with E-state index in [1.165, 1.54) is 0 Å². The van der Waals surface area contributed by atoms with Gasteiger partial charge in [-0.3, -0.25) is 4.79 Å². The molecule has 5 heteroatoms. The minimum absolute atomic E-state index is 0. The summed E-state index contributed by atoms with van der Waals surface area (Å²) < 4.78 is 1.94. The van der Waals surface area contributed by atoms with E-state index in [1.54, 1.807) is 6.20 Å². The fraction of sp³-hybridized carbons (Fsp3) is 0.636. The molecule has 0 bridgehead atoms. The highest BCUT2D eigenvalue weighted by atomic mass is 35.5. The van der Waals surface area contributed by atoms with E-state index in [0.717, 1.165) is 31.5 Å². The molecule has 2 unspecified atom stereocenters. The Hall–Kier alpha value is -1.03. The van der Waals surface area contributed by atoms with E-state index in [0.29, 0.717) is 0 Å². The Labute approximate surface area is 101 Å². The molecule has 1 N–H and O–H groups in total. The second kappa shape index (κ2) is 5.34. The van der Waals surface area contributed by atoms with Crippen molar-refractivity contribution in [3.8, 4) is 0 Å². The first-order valence-electron chi connectivity index (χ1n) is 5.40. The van der Waals surface area contributed by atoms with E-state index in [4.69, 9.17) is 5.11 Å². The van der Waals surface area contributed by atoms with Crippen molar-refractivity contribution in [2.45, 2.75) is 31.6 Å². The van der Waals surface area contributed by atoms with Gasteiger partial charge < -0.3 is 9.67 Å². The zero-order chi connectivity index (χ0) is 10.8. The fourth-order valence-corrected chi connectivity index (χ4v) is 2.47. The van der Waals surface area contributed by atoms with E-state index in [2.05, 4.69) is 4.98 Å². The number of imidazole rings is 1. The molecule has 1 fully saturated rings. The van der Waals surface area contributed by atoms with Gasteiger partial charge >= 0.3 is 5.97 Å². The van der Waals surface area contributed by atoms with Gasteiger partial charge in [-0.2, -0.15) is 0 Å². The lowest BCUT2D eigenvalue weighted by molar-refractivity contribution is -0.143. The summed E-state index contributed by atoms with van der Waals surface area (Å²) in [4.78, 5) is 15.4. The van der Waals surface area contributed by atoms with Crippen molar-refractivity contribution in [3.05, 3.63) is 18.2 Å². The Kier molecular flexibility index (Phi) is 4.35. The van der Waals surface area contributed by atoms with Gasteiger partial charge in [0.1, 0.15) is 5.82 Å². The predicted octanol–water partition coefficient (Wildman–Crippen LogP) is 2.20. The van der Waals surface area contributed by atoms with Crippen molar-refractivity contribution < 1.29 is 9.90 Å². The highest BCUT2D eigenvalue weighted by molar-refractivity contribution is 5.85. The number of nitrogens with zero attached hydrogens (tertiary/aromatic N) is 2. The summed E-state index contributed by atoms with van der Waals surface area (Å²) >= 11 is 0. The zero-order valence-corrected chi connectivity index (χ0v) is 10.1. The van der Waals surface area contributed by atoms with Gasteiger partial charge in [-0.05, 0) is 12.8 Å². The first-order chi connectivity index (χ1) is 7.20. The van der Waals surface area contributed by atoms with Gasteiger partial charge in [0.15, 0.2) is 0 Å². The van der Waals surface area contributed by atoms with Crippen molar-refractivity contribution in [1.29, 1.82) is 0 Å². The Bertz CT molecular complexity index is 365. The van der Waals surface area contributed by atoms with Crippen LogP contribution in [0.25, 0.3) is 0 Å². The van der Waals surface area contributed by atoms with Gasteiger partial charge in [0.25, 0.3) is 0 Å². The minimum atomic E-state index is -0.678. The Morgan fingerprint density at radius 3 is 2.75 bits per heavy atom. The van der Waals surface area contributed by atoms with E-state index in [1.807, 2.05) is 17.8 Å². The first-order valence-corrected chi connectivity index (χ1v) is 5.40. The lowest BCUT2D eigenvalue weighted by Crippen LogP contribution is -2.27. The number of aromatic nitrogens is 2. The summed E-state index contributed by atoms with van der Waals surface area (Å²) in [6, 6.07) is 0. The molecule has 16 heavy (non-hydrogen) atoms. The third-order valence-corrected chi connectivity index (χ3v) is 3.27. The molecule has 90 valence electrons. The Balaban J connectivity index is 0.00000128. The number of aryl methyl sites for hydroxylation is 1. The highest BCUT2D eigenvalue weighted by Crippen LogP contribution is 2.36. The number of hydrogen-bond acceptors (Lipinski definition) is 2. The van der Waals surface area contributed by atoms with E-state index in [-0.39, 0.29) is 24.2 Å². The summed E-state index contributed by atoms with van der Waals surface area (Å²) in [6.45, 7) is 0. The molecule has 4 nitrogen and oxygen atoms in total. The standard InChI is InChI=1S/C11H16N2O2.ClH/c1-13-7-6-12-10(13)8-4-2-3-5-9(8)11(14)15;/h6-9H,2-5H2,1H3,(H,14,15);1H. The van der Waals surface area contributed by atoms with E-state index < -0.39 is 5.97 Å². The molecule has 1 aliphatic rings. The van der Waals surface area contributed by atoms with Gasteiger partial charge in [-0.1, -0.05) is 12.8 Å². The number of hydrogen-bond donors (Lipinski definition) is 1. The molecule has 2 rings (SSSR count). The predicted molar refractivity (Wildman–Crippen MR) is 62.8 cm³/mol. The summed E-state index contributed by atoms with van der Waals surface area (Å²) in [7, 11) is 1.93. The summed E-state index contributed by atoms with van der Waals surface area (Å²) in [5.41, 5.74) is 0. The summed E-state index contributed by atoms with van der Waals surface area (Å²) in [5, 5.41) is 9.16. The van der Waals surface area contributed by atoms with Gasteiger partial charge in [-0.15, -0.1) is 12.4 Å². The van der Waals surface area contributed by atoms with Crippen molar-refractivity contribution >= 4 is 18.4 Å². The van der Waals surface area contributed by atoms with Gasteiger partial charge in [0.2, 0.25) is 0 Å². The van der Waals surface area contributed by atoms with Crippen LogP contribution in [-0.2, 0) is 11.8 Å². The molecular formula is C11H17ClN2O2. The van der Waals surface area contributed by atoms with Crippen LogP contribution in [0.2, 0.25) is 0 Å². The minimum Gasteiger partial charge on any atom is -0.481 e. The van der Waals surface area contributed by atoms with Crippen LogP contribution in [0.5, 0.6) is 0 Å². The van der Waals surface area contributed by atoms with Crippen LogP contribution in [0.1, 0.15) is 37.4 Å². The number of rotatable bonds is 2. The van der Waals surface area contributed by atoms with Crippen LogP contribution < -0.4 is 0 Å². The number of aliphatic carboxylic acids is 1. The lowest BCUT2D eigenvalue weighted by Gasteiger charge is -2.27. The molecule has 0 saturated heterocycles. The second-order valence-corrected chi connectivity index (χ2v) is 4.23. The largest absolute Gasteiger partial charge is 0.481 e. The quantitative estimate of drug-likeness (QED) is 0.868. The van der Waals surface area contributed by atoms with Crippen LogP contribution in [0.4, 0.5) is 0 Å². The molecule has 0 amide bonds. The molecule has 1 heterocycles. The molecule has 0 spiro atoms. The molecule has 0 aliphatic heterocycles. The van der Waals surface area contributed by atoms with Crippen LogP contribution in [0.15, 0.2) is 12.4 Å². The monoisotopic (exact) mass is 244 g/mol. The Morgan fingerprint density at radius 2 is 2.19 bits per heavy atom. The Morgan fingerprint density at radius 1 is 1.50 bits per heavy atom. The van der Waals surface area contributed by atoms with E-state index >= 15 is 0 Å². The topological polar surface area (TPSA) is 55.1 Å². The fourth-order valence-electron chi connectivity index (χ4n) is 2.47. The van der Waals surface area contributed by atoms with Crippen molar-refractivity contribution in [3.63, 3.8) is 0 Å². The molecule has 1 saturated carbocycles. The SMILES string of the molecule is Cl.Cn1ccnc1C1CCCCC1C(=O)O. The third-order valence-electron chi connectivity index (χ3n) is 3.27. The summed E-state index contributed by atoms with van der Waals surface area (Å²) in [6.07, 6.45) is 7.49. The van der Waals surface area contributed by atoms with Gasteiger partial charge in [-0.25, -0.2) is 4.98 Å². The molecule has 1 aromatic rings. The highest BCUT2D eigenvalue weighted by Gasteiger charge is 2.33. The van der Waals surface area contributed by atoms with Crippen molar-refractivity contribution in [2.24, 2.45) is 13.0 Å². The zero-order valence-electron chi connectivity index (χ0n) is 9.30. The average Bonchev–Trinajstić information content (AvgIpc) is 2.64. The van der Waals surface area contributed by atoms with Crippen molar-refractivity contribution in [1.82, 2.24) is 9.55 Å². The third kappa shape index (κ3) is 2.38. The molecule has 1 aliphatic carbocycles. The molecule has 0 aromatic carbocycles. The number of carboxylic acids is 1. The number of halogens is 1. The maximum atomic E-state index is 11.1. The number of carboxylic acid groups (broad SMARTS) is 1. The molecular weight excluding hydrogens is 228 g/mol. The lowest BCUT2D eigenvalue weighted by atomic mass is 9.79. The average molecular weight is 245 g/mol. The van der Waals surface area contributed by atoms with Crippen LogP contribution in [0, 0.1) is 5.92 Å². The van der Waals surface area contributed by atoms with Crippen LogP contribution >= 0.6 is 12.4 Å². The van der Waals surface area contributed by atoms with E-state index in [9.17, 15) is 4.79 Å². The summed E-state index contributed by atoms with van der Waals surface area (Å²) in [5.74, 6) is 0.0842. The van der Waals surface area contributed by atoms with Gasteiger partial charge in [0.05, 0.1) is 5.92 Å². The van der Waals surface area contributed by atoms with Gasteiger partial charge in [0, 0.05) is 25.4 Å². The smallest absolute Gasteiger partial charge is 0.307 e. The second-order valence-electron chi connectivity index (χ2n) is 4.23. The molecule has 2 atom stereocenters. The maximum Gasteiger partial charge on any atom is 0.307 e. The van der Waals surface area contributed by atoms with Crippen LogP contribution in [-0.4, -0.2) is 20.6 Å².